The molecule has 1 atom stereocenters. The van der Waals surface area contributed by atoms with Gasteiger partial charge in [0, 0.05) is 40.1 Å². The molecule has 1 unspecified atom stereocenters. The van der Waals surface area contributed by atoms with E-state index >= 15 is 8.78 Å². The van der Waals surface area contributed by atoms with Crippen LogP contribution >= 0.6 is 0 Å². The minimum Gasteiger partial charge on any atom is -0.389 e. The summed E-state index contributed by atoms with van der Waals surface area (Å²) in [5.41, 5.74) is 0.939. The smallest absolute Gasteiger partial charge is 0.256 e. The third-order valence-electron chi connectivity index (χ3n) is 5.60. The second-order valence-corrected chi connectivity index (χ2v) is 7.65. The molecule has 0 spiro atoms. The number of fused-ring (bicyclic) bond motifs is 2. The minimum atomic E-state index is -3.05. The molecule has 0 saturated heterocycles. The van der Waals surface area contributed by atoms with E-state index in [1.165, 1.54) is 27.9 Å². The third-order valence-corrected chi connectivity index (χ3v) is 5.60. The van der Waals surface area contributed by atoms with E-state index in [-0.39, 0.29) is 41.2 Å². The SMILES string of the molecule is [2H]C([2H])([2H])C([2H])(O)c1ccc(-c2cc(F)c(CN3Cc4ncccc4C3=O)c(F)c2)c2cn(C)nc12. The number of amides is 1. The van der Waals surface area contributed by atoms with Crippen LogP contribution in [0.4, 0.5) is 8.78 Å². The van der Waals surface area contributed by atoms with Crippen LogP contribution in [0.15, 0.2) is 48.8 Å². The predicted octanol–water partition coefficient (Wildman–Crippen LogP) is 4.12. The third kappa shape index (κ3) is 3.23. The number of carbonyl (C=O) groups excluding carboxylic acids is 1. The molecule has 5 rings (SSSR count). The zero-order valence-corrected chi connectivity index (χ0v) is 16.9. The van der Waals surface area contributed by atoms with Gasteiger partial charge in [-0.3, -0.25) is 14.5 Å². The summed E-state index contributed by atoms with van der Waals surface area (Å²) in [5.74, 6) is -2.07. The van der Waals surface area contributed by atoms with E-state index in [2.05, 4.69) is 10.1 Å². The lowest BCUT2D eigenvalue weighted by molar-refractivity contribution is 0.0763. The Bertz CT molecular complexity index is 1510. The highest BCUT2D eigenvalue weighted by molar-refractivity contribution is 5.98. The van der Waals surface area contributed by atoms with Crippen molar-refractivity contribution in [3.63, 3.8) is 0 Å². The van der Waals surface area contributed by atoms with Gasteiger partial charge in [-0.1, -0.05) is 12.1 Å². The number of pyridine rings is 1. The summed E-state index contributed by atoms with van der Waals surface area (Å²) in [6.07, 6.45) is 0.128. The number of aliphatic hydroxyl groups is 1. The van der Waals surface area contributed by atoms with E-state index in [1.807, 2.05) is 0 Å². The molecule has 6 nitrogen and oxygen atoms in total. The van der Waals surface area contributed by atoms with Crippen LogP contribution in [0.2, 0.25) is 0 Å². The van der Waals surface area contributed by atoms with E-state index in [0.29, 0.717) is 22.2 Å². The van der Waals surface area contributed by atoms with Crippen LogP contribution in [0, 0.1) is 11.6 Å². The number of aromatic nitrogens is 3. The minimum absolute atomic E-state index is 0.0291. The quantitative estimate of drug-likeness (QED) is 0.520. The number of rotatable bonds is 4. The summed E-state index contributed by atoms with van der Waals surface area (Å²) in [5, 5.41) is 14.9. The molecular weight excluding hydrogens is 414 g/mol. The number of nitrogens with zero attached hydrogens (tertiary/aromatic N) is 4. The van der Waals surface area contributed by atoms with Gasteiger partial charge in [0.05, 0.1) is 37.3 Å². The largest absolute Gasteiger partial charge is 0.389 e. The molecular formula is C24H20F2N4O2. The lowest BCUT2D eigenvalue weighted by Gasteiger charge is -2.17. The van der Waals surface area contributed by atoms with Crippen molar-refractivity contribution in [1.29, 1.82) is 0 Å². The monoisotopic (exact) mass is 438 g/mol. The summed E-state index contributed by atoms with van der Waals surface area (Å²) in [7, 11) is 1.57. The van der Waals surface area contributed by atoms with Crippen LogP contribution in [0.3, 0.4) is 0 Å². The highest BCUT2D eigenvalue weighted by Crippen LogP contribution is 2.34. The second-order valence-electron chi connectivity index (χ2n) is 7.65. The predicted molar refractivity (Wildman–Crippen MR) is 115 cm³/mol. The molecule has 0 bridgehead atoms. The van der Waals surface area contributed by atoms with Gasteiger partial charge in [0.15, 0.2) is 0 Å². The van der Waals surface area contributed by atoms with Crippen LogP contribution in [-0.4, -0.2) is 30.7 Å². The van der Waals surface area contributed by atoms with Crippen molar-refractivity contribution in [2.75, 3.05) is 0 Å². The van der Waals surface area contributed by atoms with Crippen LogP contribution in [0.1, 0.15) is 45.6 Å². The fourth-order valence-electron chi connectivity index (χ4n) is 4.07. The van der Waals surface area contributed by atoms with Crippen molar-refractivity contribution in [2.45, 2.75) is 26.0 Å². The molecule has 4 aromatic rings. The first kappa shape index (κ1) is 16.0. The molecule has 2 aromatic carbocycles. The zero-order valence-electron chi connectivity index (χ0n) is 20.9. The van der Waals surface area contributed by atoms with Gasteiger partial charge in [-0.05, 0) is 42.2 Å². The number of hydrogen-bond donors (Lipinski definition) is 1. The highest BCUT2D eigenvalue weighted by Gasteiger charge is 2.29. The van der Waals surface area contributed by atoms with Crippen molar-refractivity contribution < 1.29 is 24.2 Å². The summed E-state index contributed by atoms with van der Waals surface area (Å²) in [6.45, 7) is -3.19. The van der Waals surface area contributed by atoms with Crippen molar-refractivity contribution in [3.8, 4) is 11.1 Å². The molecule has 1 aliphatic rings. The zero-order chi connectivity index (χ0) is 26.0. The second kappa shape index (κ2) is 7.49. The molecule has 2 aromatic heterocycles. The Balaban J connectivity index is 1.54. The summed E-state index contributed by atoms with van der Waals surface area (Å²) in [4.78, 5) is 18.1. The van der Waals surface area contributed by atoms with Crippen LogP contribution in [-0.2, 0) is 20.1 Å². The lowest BCUT2D eigenvalue weighted by atomic mass is 9.96. The average molecular weight is 438 g/mol. The Morgan fingerprint density at radius 1 is 1.25 bits per heavy atom. The topological polar surface area (TPSA) is 71.2 Å². The van der Waals surface area contributed by atoms with Gasteiger partial charge in [0.2, 0.25) is 0 Å². The maximum atomic E-state index is 15.2. The van der Waals surface area contributed by atoms with E-state index < -0.39 is 24.6 Å². The Hall–Kier alpha value is -3.65. The van der Waals surface area contributed by atoms with Gasteiger partial charge in [0.1, 0.15) is 11.6 Å². The molecule has 1 N–H and O–H groups in total. The lowest BCUT2D eigenvalue weighted by Crippen LogP contribution is -2.24. The Morgan fingerprint density at radius 3 is 2.75 bits per heavy atom. The number of halogens is 2. The normalized spacial score (nSPS) is 17.5. The van der Waals surface area contributed by atoms with Crippen LogP contribution in [0.5, 0.6) is 0 Å². The first-order valence-electron chi connectivity index (χ1n) is 11.8. The maximum Gasteiger partial charge on any atom is 0.256 e. The molecule has 32 heavy (non-hydrogen) atoms. The van der Waals surface area contributed by atoms with E-state index in [9.17, 15) is 9.90 Å². The van der Waals surface area contributed by atoms with Gasteiger partial charge in [0.25, 0.3) is 5.91 Å². The van der Waals surface area contributed by atoms with Crippen molar-refractivity contribution in [1.82, 2.24) is 19.7 Å². The molecule has 0 radical (unpaired) electrons. The molecule has 8 heteroatoms. The molecule has 3 heterocycles. The fraction of sp³-hybridized carbons (Fsp3) is 0.208. The number of benzene rings is 2. The van der Waals surface area contributed by atoms with Gasteiger partial charge in [-0.15, -0.1) is 0 Å². The van der Waals surface area contributed by atoms with Gasteiger partial charge < -0.3 is 10.0 Å². The molecule has 162 valence electrons. The fourth-order valence-corrected chi connectivity index (χ4v) is 4.07. The Kier molecular flexibility index (Phi) is 3.76. The first-order chi connectivity index (χ1) is 16.9. The molecule has 0 aliphatic carbocycles. The Morgan fingerprint density at radius 2 is 2.03 bits per heavy atom. The molecule has 0 fully saturated rings. The Labute approximate surface area is 188 Å². The summed E-state index contributed by atoms with van der Waals surface area (Å²) < 4.78 is 62.3. The van der Waals surface area contributed by atoms with E-state index in [4.69, 9.17) is 5.48 Å². The maximum absolute atomic E-state index is 15.2. The summed E-state index contributed by atoms with van der Waals surface area (Å²) in [6, 6.07) is 8.12. The van der Waals surface area contributed by atoms with Gasteiger partial charge in [-0.25, -0.2) is 8.78 Å². The van der Waals surface area contributed by atoms with Crippen molar-refractivity contribution in [2.24, 2.45) is 7.05 Å². The number of aryl methyl sites for hydroxylation is 1. The molecule has 1 aliphatic heterocycles. The first-order valence-corrected chi connectivity index (χ1v) is 9.79. The van der Waals surface area contributed by atoms with E-state index in [1.54, 1.807) is 25.4 Å². The summed E-state index contributed by atoms with van der Waals surface area (Å²) >= 11 is 0. The van der Waals surface area contributed by atoms with E-state index in [0.717, 1.165) is 12.1 Å². The van der Waals surface area contributed by atoms with Gasteiger partial charge in [-0.2, -0.15) is 5.10 Å². The number of hydrogen-bond acceptors (Lipinski definition) is 4. The highest BCUT2D eigenvalue weighted by atomic mass is 19.1. The van der Waals surface area contributed by atoms with Gasteiger partial charge >= 0.3 is 0 Å². The molecule has 0 saturated carbocycles. The number of carbonyl (C=O) groups is 1. The van der Waals surface area contributed by atoms with Crippen molar-refractivity contribution >= 4 is 16.8 Å². The molecule has 1 amide bonds. The van der Waals surface area contributed by atoms with Crippen LogP contribution in [0.25, 0.3) is 22.0 Å². The standard InChI is InChI=1S/C24H20F2N4O2/c1-13(31)15-5-6-16(18-10-29(2)28-23(15)18)14-8-20(25)19(21(26)9-14)11-30-12-22-17(24(30)32)4-3-7-27-22/h3-10,13,31H,11-12H2,1-2H3/i1D3,13D. The average Bonchev–Trinajstić information content (AvgIpc) is 3.34. The van der Waals surface area contributed by atoms with Crippen molar-refractivity contribution in [3.05, 3.63) is 82.8 Å². The van der Waals surface area contributed by atoms with Crippen LogP contribution < -0.4 is 0 Å².